The smallest absolute Gasteiger partial charge is 0.0159 e. The Hall–Kier alpha value is -9.10. The molecule has 0 nitrogen and oxygen atoms in total. The number of hydrogen-bond donors (Lipinski definition) is 0. The van der Waals surface area contributed by atoms with Gasteiger partial charge in [0, 0.05) is 5.41 Å². The lowest BCUT2D eigenvalue weighted by molar-refractivity contribution is 0.660. The van der Waals surface area contributed by atoms with Crippen LogP contribution in [0.25, 0.3) is 131 Å². The molecule has 0 atom stereocenters. The highest BCUT2D eigenvalue weighted by Crippen LogP contribution is 2.52. The fraction of sp³-hybridized carbons (Fsp3) is 0.0411. The van der Waals surface area contributed by atoms with E-state index in [-0.39, 0.29) is 5.41 Å². The van der Waals surface area contributed by atoms with Gasteiger partial charge in [0.2, 0.25) is 0 Å². The first-order valence-corrected chi connectivity index (χ1v) is 25.6. The van der Waals surface area contributed by atoms with Gasteiger partial charge < -0.3 is 0 Å². The molecule has 1 aliphatic rings. The van der Waals surface area contributed by atoms with E-state index in [1.54, 1.807) is 0 Å². The van der Waals surface area contributed by atoms with Gasteiger partial charge in [-0.1, -0.05) is 269 Å². The molecule has 0 aromatic heterocycles. The van der Waals surface area contributed by atoms with E-state index in [0.29, 0.717) is 0 Å². The summed E-state index contributed by atoms with van der Waals surface area (Å²) in [5.74, 6) is 0. The number of rotatable bonds is 5. The molecule has 0 saturated heterocycles. The summed E-state index contributed by atoms with van der Waals surface area (Å²) in [6.45, 7) is 4.73. The predicted molar refractivity (Wildman–Crippen MR) is 314 cm³/mol. The normalized spacial score (nSPS) is 12.6. The highest BCUT2D eigenvalue weighted by atomic mass is 14.4. The van der Waals surface area contributed by atoms with E-state index in [4.69, 9.17) is 0 Å². The van der Waals surface area contributed by atoms with Crippen molar-refractivity contribution in [1.82, 2.24) is 0 Å². The molecule has 0 spiro atoms. The maximum absolute atomic E-state index is 2.46. The molecule has 0 fully saturated rings. The first-order valence-electron chi connectivity index (χ1n) is 25.6. The van der Waals surface area contributed by atoms with Crippen LogP contribution in [0.15, 0.2) is 267 Å². The largest absolute Gasteiger partial charge is 0.0622 e. The Morgan fingerprint density at radius 1 is 0.219 bits per heavy atom. The summed E-state index contributed by atoms with van der Waals surface area (Å²) in [5, 5.41) is 15.9. The maximum atomic E-state index is 2.46. The van der Waals surface area contributed by atoms with Gasteiger partial charge in [-0.3, -0.25) is 0 Å². The summed E-state index contributed by atoms with van der Waals surface area (Å²) in [6, 6.07) is 98.1. The van der Waals surface area contributed by atoms with Crippen molar-refractivity contribution in [3.05, 3.63) is 278 Å². The minimum Gasteiger partial charge on any atom is -0.0622 e. The third kappa shape index (κ3) is 6.82. The van der Waals surface area contributed by atoms with Crippen LogP contribution in [0.4, 0.5) is 0 Å². The van der Waals surface area contributed by atoms with E-state index in [1.165, 1.54) is 143 Å². The van der Waals surface area contributed by atoms with Gasteiger partial charge in [0.05, 0.1) is 0 Å². The summed E-state index contributed by atoms with van der Waals surface area (Å²) >= 11 is 0. The molecule has 0 heterocycles. The van der Waals surface area contributed by atoms with Gasteiger partial charge in [-0.25, -0.2) is 0 Å². The topological polar surface area (TPSA) is 0 Å². The van der Waals surface area contributed by atoms with Gasteiger partial charge in [0.1, 0.15) is 0 Å². The molecule has 0 amide bonds. The number of benzene rings is 14. The molecule has 0 N–H and O–H groups in total. The van der Waals surface area contributed by atoms with E-state index in [9.17, 15) is 0 Å². The molecule has 0 bridgehead atoms. The minimum absolute atomic E-state index is 0.0664. The predicted octanol–water partition coefficient (Wildman–Crippen LogP) is 20.4. The van der Waals surface area contributed by atoms with Gasteiger partial charge in [0.15, 0.2) is 0 Å². The van der Waals surface area contributed by atoms with Crippen molar-refractivity contribution in [3.8, 4) is 66.8 Å². The number of fused-ring (bicyclic) bond motifs is 7. The fourth-order valence-corrected chi connectivity index (χ4v) is 12.5. The molecule has 14 aromatic rings. The Morgan fingerprint density at radius 3 is 1.11 bits per heavy atom. The first-order chi connectivity index (χ1) is 36.0. The summed E-state index contributed by atoms with van der Waals surface area (Å²) in [6.07, 6.45) is 0. The zero-order valence-electron chi connectivity index (χ0n) is 40.9. The third-order valence-electron chi connectivity index (χ3n) is 15.9. The molecule has 15 rings (SSSR count). The molecule has 0 unspecified atom stereocenters. The van der Waals surface area contributed by atoms with Crippen LogP contribution in [0.5, 0.6) is 0 Å². The van der Waals surface area contributed by atoms with E-state index in [2.05, 4.69) is 281 Å². The second-order valence-corrected chi connectivity index (χ2v) is 20.2. The lowest BCUT2D eigenvalue weighted by Crippen LogP contribution is -2.14. The summed E-state index contributed by atoms with van der Waals surface area (Å²) < 4.78 is 0. The van der Waals surface area contributed by atoms with Crippen molar-refractivity contribution in [1.29, 1.82) is 0 Å². The molecular weight excluding hydrogens is 877 g/mol. The van der Waals surface area contributed by atoms with Crippen molar-refractivity contribution >= 4 is 64.6 Å². The molecule has 0 heteroatoms. The van der Waals surface area contributed by atoms with Gasteiger partial charge in [0.25, 0.3) is 0 Å². The zero-order valence-corrected chi connectivity index (χ0v) is 40.9. The van der Waals surface area contributed by atoms with E-state index >= 15 is 0 Å². The molecule has 0 radical (unpaired) electrons. The average molecular weight is 927 g/mol. The standard InChI is InChI=1S/C53H38.C20H12/c1-53(2)49-28-16-15-23-41(49)42-31-29-38(34-50(42)53)37-30-32-47-48(33-37)52(44-25-12-10-22-40(44)36-19-7-4-8-20-36)46-27-14-13-26-45(46)51(47)43-24-11-9-21-39(43)35-17-5-3-6-18-35;1-5-13-6-2-11-17-18-12-4-8-14-7-3-10-16(20(14)18)15(9-1)19(13)17/h3-34H,1-2H3;1-12H. The van der Waals surface area contributed by atoms with Crippen LogP contribution in [0, 0.1) is 0 Å². The zero-order chi connectivity index (χ0) is 48.6. The van der Waals surface area contributed by atoms with Crippen molar-refractivity contribution in [2.45, 2.75) is 19.3 Å². The summed E-state index contributed by atoms with van der Waals surface area (Å²) in [4.78, 5) is 0. The monoisotopic (exact) mass is 926 g/mol. The molecule has 14 aromatic carbocycles. The van der Waals surface area contributed by atoms with Gasteiger partial charge in [-0.05, 0) is 155 Å². The highest BCUT2D eigenvalue weighted by Gasteiger charge is 2.35. The van der Waals surface area contributed by atoms with Crippen LogP contribution < -0.4 is 0 Å². The van der Waals surface area contributed by atoms with Gasteiger partial charge >= 0.3 is 0 Å². The van der Waals surface area contributed by atoms with E-state index < -0.39 is 0 Å². The van der Waals surface area contributed by atoms with E-state index in [1.807, 2.05) is 0 Å². The molecular formula is C73H50. The average Bonchev–Trinajstić information content (AvgIpc) is 3.69. The molecule has 73 heavy (non-hydrogen) atoms. The first kappa shape index (κ1) is 42.8. The molecule has 342 valence electrons. The Labute approximate surface area is 426 Å². The summed E-state index contributed by atoms with van der Waals surface area (Å²) in [5.41, 5.74) is 17.8. The van der Waals surface area contributed by atoms with E-state index in [0.717, 1.165) is 0 Å². The highest BCUT2D eigenvalue weighted by molar-refractivity contribution is 6.33. The fourth-order valence-electron chi connectivity index (χ4n) is 12.5. The van der Waals surface area contributed by atoms with Crippen LogP contribution in [-0.4, -0.2) is 0 Å². The van der Waals surface area contributed by atoms with Crippen molar-refractivity contribution in [2.75, 3.05) is 0 Å². The van der Waals surface area contributed by atoms with Gasteiger partial charge in [-0.2, -0.15) is 0 Å². The Kier molecular flexibility index (Phi) is 9.98. The quantitative estimate of drug-likeness (QED) is 0.119. The van der Waals surface area contributed by atoms with Gasteiger partial charge in [-0.15, -0.1) is 0 Å². The maximum Gasteiger partial charge on any atom is 0.0159 e. The van der Waals surface area contributed by atoms with Crippen LogP contribution in [0.2, 0.25) is 0 Å². The van der Waals surface area contributed by atoms with Crippen molar-refractivity contribution in [3.63, 3.8) is 0 Å². The number of hydrogen-bond acceptors (Lipinski definition) is 0. The second kappa shape index (κ2) is 17.0. The van der Waals surface area contributed by atoms with Crippen molar-refractivity contribution < 1.29 is 0 Å². The SMILES string of the molecule is CC1(C)c2ccccc2-c2ccc(-c3ccc4c(-c5ccccc5-c5ccccc5)c5ccccc5c(-c5ccccc5-c5ccccc5)c4c3)cc21.c1cc2cccc3c4cccc5cccc(c(c1)c23)c54. The molecule has 0 saturated carbocycles. The van der Waals surface area contributed by atoms with Crippen molar-refractivity contribution in [2.24, 2.45) is 0 Å². The lowest BCUT2D eigenvalue weighted by atomic mass is 9.80. The molecule has 0 aliphatic heterocycles. The van der Waals surface area contributed by atoms with Crippen LogP contribution in [-0.2, 0) is 5.41 Å². The Balaban J connectivity index is 0.000000204. The molecule has 1 aliphatic carbocycles. The third-order valence-corrected chi connectivity index (χ3v) is 15.9. The van der Waals surface area contributed by atoms with Crippen LogP contribution in [0.3, 0.4) is 0 Å². The van der Waals surface area contributed by atoms with Crippen LogP contribution in [0.1, 0.15) is 25.0 Å². The Morgan fingerprint density at radius 2 is 0.589 bits per heavy atom. The second-order valence-electron chi connectivity index (χ2n) is 20.2. The Bertz CT molecular complexity index is 4270. The van der Waals surface area contributed by atoms with Crippen LogP contribution >= 0.6 is 0 Å². The lowest BCUT2D eigenvalue weighted by Gasteiger charge is -2.23. The minimum atomic E-state index is -0.0664. The summed E-state index contributed by atoms with van der Waals surface area (Å²) in [7, 11) is 0.